The molecule has 108 valence electrons. The lowest BCUT2D eigenvalue weighted by Crippen LogP contribution is -2.42. The second kappa shape index (κ2) is 7.67. The first-order valence-corrected chi connectivity index (χ1v) is 7.40. The van der Waals surface area contributed by atoms with Gasteiger partial charge in [-0.3, -0.25) is 0 Å². The quantitative estimate of drug-likeness (QED) is 0.744. The van der Waals surface area contributed by atoms with Crippen molar-refractivity contribution in [2.45, 2.75) is 44.4 Å². The third-order valence-electron chi connectivity index (χ3n) is 2.19. The molecular formula is C13H23N3O2S. The van der Waals surface area contributed by atoms with Crippen molar-refractivity contribution >= 4 is 11.8 Å². The number of aliphatic hydroxyl groups excluding tert-OH is 1. The smallest absolute Gasteiger partial charge is 0.246 e. The molecule has 0 aromatic carbocycles. The molecule has 0 saturated carbocycles. The normalized spacial score (nSPS) is 13.3. The highest BCUT2D eigenvalue weighted by Crippen LogP contribution is 2.23. The summed E-state index contributed by atoms with van der Waals surface area (Å²) in [5.41, 5.74) is -0.0171. The van der Waals surface area contributed by atoms with Crippen molar-refractivity contribution in [3.8, 4) is 5.88 Å². The first-order valence-electron chi connectivity index (χ1n) is 6.42. The van der Waals surface area contributed by atoms with E-state index in [1.807, 2.05) is 6.92 Å². The molecule has 2 N–H and O–H groups in total. The highest BCUT2D eigenvalue weighted by atomic mass is 32.2. The zero-order valence-electron chi connectivity index (χ0n) is 12.0. The van der Waals surface area contributed by atoms with E-state index in [0.717, 1.165) is 10.8 Å². The minimum atomic E-state index is -0.569. The maximum absolute atomic E-state index is 9.85. The minimum absolute atomic E-state index is 0.0171. The Morgan fingerprint density at radius 3 is 2.68 bits per heavy atom. The van der Waals surface area contributed by atoms with Gasteiger partial charge in [-0.05, 0) is 26.5 Å². The number of thioether (sulfide) groups is 1. The van der Waals surface area contributed by atoms with Crippen LogP contribution in [0.3, 0.4) is 0 Å². The predicted octanol–water partition coefficient (Wildman–Crippen LogP) is 1.72. The number of hydrogen-bond donors (Lipinski definition) is 2. The first-order chi connectivity index (χ1) is 8.92. The van der Waals surface area contributed by atoms with Gasteiger partial charge in [0.2, 0.25) is 5.88 Å². The molecule has 0 fully saturated rings. The van der Waals surface area contributed by atoms with Crippen molar-refractivity contribution in [1.82, 2.24) is 15.3 Å². The van der Waals surface area contributed by atoms with Gasteiger partial charge >= 0.3 is 0 Å². The Morgan fingerprint density at radius 2 is 2.05 bits per heavy atom. The summed E-state index contributed by atoms with van der Waals surface area (Å²) in [6, 6.07) is 0. The molecule has 6 heteroatoms. The molecule has 0 spiro atoms. The molecule has 0 aliphatic carbocycles. The molecule has 0 bridgehead atoms. The van der Waals surface area contributed by atoms with Crippen LogP contribution in [0.4, 0.5) is 0 Å². The van der Waals surface area contributed by atoms with Gasteiger partial charge in [0.25, 0.3) is 0 Å². The molecule has 1 heterocycles. The van der Waals surface area contributed by atoms with Crippen molar-refractivity contribution < 1.29 is 9.84 Å². The SMILES string of the molecule is CCSc1nccnc1OCC(O)CNC(C)(C)C. The molecule has 5 nitrogen and oxygen atoms in total. The van der Waals surface area contributed by atoms with Gasteiger partial charge in [0.1, 0.15) is 12.7 Å². The minimum Gasteiger partial charge on any atom is -0.473 e. The summed E-state index contributed by atoms with van der Waals surface area (Å²) in [5, 5.41) is 13.8. The van der Waals surface area contributed by atoms with E-state index in [1.165, 1.54) is 0 Å². The number of β-amino-alcohol motifs (C(OH)–C–C–N with tert-alkyl or cyclic N) is 1. The van der Waals surface area contributed by atoms with Crippen LogP contribution < -0.4 is 10.1 Å². The number of hydrogen-bond acceptors (Lipinski definition) is 6. The zero-order valence-corrected chi connectivity index (χ0v) is 12.8. The Labute approximate surface area is 119 Å². The molecule has 1 atom stereocenters. The van der Waals surface area contributed by atoms with E-state index in [1.54, 1.807) is 24.2 Å². The van der Waals surface area contributed by atoms with Crippen LogP contribution in [0.2, 0.25) is 0 Å². The summed E-state index contributed by atoms with van der Waals surface area (Å²) < 4.78 is 5.53. The van der Waals surface area contributed by atoms with Gasteiger partial charge in [-0.2, -0.15) is 0 Å². The fourth-order valence-electron chi connectivity index (χ4n) is 1.31. The van der Waals surface area contributed by atoms with Crippen LogP contribution in [0.1, 0.15) is 27.7 Å². The Kier molecular flexibility index (Phi) is 6.54. The maximum atomic E-state index is 9.85. The Bertz CT molecular complexity index is 382. The van der Waals surface area contributed by atoms with Crippen LogP contribution in [0, 0.1) is 0 Å². The topological polar surface area (TPSA) is 67.3 Å². The standard InChI is InChI=1S/C13H23N3O2S/c1-5-19-12-11(14-6-7-15-12)18-9-10(17)8-16-13(2,3)4/h6-7,10,16-17H,5,8-9H2,1-4H3. The van der Waals surface area contributed by atoms with Gasteiger partial charge in [0.15, 0.2) is 5.03 Å². The van der Waals surface area contributed by atoms with Gasteiger partial charge in [0, 0.05) is 24.5 Å². The van der Waals surface area contributed by atoms with Gasteiger partial charge in [-0.1, -0.05) is 6.92 Å². The molecule has 0 amide bonds. The fraction of sp³-hybridized carbons (Fsp3) is 0.692. The Hall–Kier alpha value is -0.850. The number of nitrogens with zero attached hydrogens (tertiary/aromatic N) is 2. The molecule has 0 aliphatic heterocycles. The molecule has 0 radical (unpaired) electrons. The lowest BCUT2D eigenvalue weighted by Gasteiger charge is -2.22. The van der Waals surface area contributed by atoms with Crippen LogP contribution in [-0.2, 0) is 0 Å². The van der Waals surface area contributed by atoms with Crippen LogP contribution in [0.5, 0.6) is 5.88 Å². The second-order valence-electron chi connectivity index (χ2n) is 5.20. The Balaban J connectivity index is 2.43. The van der Waals surface area contributed by atoms with Crippen LogP contribution >= 0.6 is 11.8 Å². The number of nitrogens with one attached hydrogen (secondary N) is 1. The lowest BCUT2D eigenvalue weighted by atomic mass is 10.1. The summed E-state index contributed by atoms with van der Waals surface area (Å²) >= 11 is 1.58. The third-order valence-corrected chi connectivity index (χ3v) is 3.04. The molecule has 1 aromatic rings. The molecule has 0 saturated heterocycles. The average Bonchev–Trinajstić information content (AvgIpc) is 2.35. The summed E-state index contributed by atoms with van der Waals surface area (Å²) in [4.78, 5) is 8.35. The summed E-state index contributed by atoms with van der Waals surface area (Å²) in [6.45, 7) is 8.90. The largest absolute Gasteiger partial charge is 0.473 e. The maximum Gasteiger partial charge on any atom is 0.246 e. The van der Waals surface area contributed by atoms with Crippen molar-refractivity contribution in [1.29, 1.82) is 0 Å². The second-order valence-corrected chi connectivity index (χ2v) is 6.45. The van der Waals surface area contributed by atoms with E-state index in [2.05, 4.69) is 36.1 Å². The van der Waals surface area contributed by atoms with Crippen LogP contribution in [0.25, 0.3) is 0 Å². The fourth-order valence-corrected chi connectivity index (χ4v) is 1.95. The summed E-state index contributed by atoms with van der Waals surface area (Å²) in [5.74, 6) is 1.40. The van der Waals surface area contributed by atoms with E-state index in [4.69, 9.17) is 4.74 Å². The van der Waals surface area contributed by atoms with Gasteiger partial charge in [-0.25, -0.2) is 9.97 Å². The highest BCUT2D eigenvalue weighted by molar-refractivity contribution is 7.99. The molecule has 0 aliphatic rings. The van der Waals surface area contributed by atoms with Gasteiger partial charge < -0.3 is 15.2 Å². The van der Waals surface area contributed by atoms with E-state index in [0.29, 0.717) is 12.4 Å². The highest BCUT2D eigenvalue weighted by Gasteiger charge is 2.14. The third kappa shape index (κ3) is 6.75. The summed E-state index contributed by atoms with van der Waals surface area (Å²) in [6.07, 6.45) is 2.66. The summed E-state index contributed by atoms with van der Waals surface area (Å²) in [7, 11) is 0. The average molecular weight is 285 g/mol. The van der Waals surface area contributed by atoms with E-state index < -0.39 is 6.10 Å². The first kappa shape index (κ1) is 16.2. The number of aliphatic hydroxyl groups is 1. The van der Waals surface area contributed by atoms with Crippen molar-refractivity contribution in [3.05, 3.63) is 12.4 Å². The molecule has 1 aromatic heterocycles. The van der Waals surface area contributed by atoms with E-state index in [9.17, 15) is 5.11 Å². The zero-order chi connectivity index (χ0) is 14.3. The van der Waals surface area contributed by atoms with Crippen LogP contribution in [-0.4, -0.2) is 45.6 Å². The van der Waals surface area contributed by atoms with Crippen LogP contribution in [0.15, 0.2) is 17.4 Å². The molecule has 1 rings (SSSR count). The van der Waals surface area contributed by atoms with Crippen molar-refractivity contribution in [3.63, 3.8) is 0 Å². The molecule has 1 unspecified atom stereocenters. The van der Waals surface area contributed by atoms with Crippen molar-refractivity contribution in [2.75, 3.05) is 18.9 Å². The predicted molar refractivity (Wildman–Crippen MR) is 77.7 cm³/mol. The van der Waals surface area contributed by atoms with Gasteiger partial charge in [-0.15, -0.1) is 11.8 Å². The number of aromatic nitrogens is 2. The van der Waals surface area contributed by atoms with E-state index in [-0.39, 0.29) is 12.1 Å². The van der Waals surface area contributed by atoms with Crippen molar-refractivity contribution in [2.24, 2.45) is 0 Å². The van der Waals surface area contributed by atoms with Gasteiger partial charge in [0.05, 0.1) is 0 Å². The monoisotopic (exact) mass is 285 g/mol. The lowest BCUT2D eigenvalue weighted by molar-refractivity contribution is 0.0958. The number of ether oxygens (including phenoxy) is 1. The van der Waals surface area contributed by atoms with E-state index >= 15 is 0 Å². The number of rotatable bonds is 7. The molecule has 19 heavy (non-hydrogen) atoms. The Morgan fingerprint density at radius 1 is 1.37 bits per heavy atom. The molecular weight excluding hydrogens is 262 g/mol.